The Hall–Kier alpha value is -1.17. The lowest BCUT2D eigenvalue weighted by Crippen LogP contribution is -2.34. The molecular formula is C18H22INO2. The SMILES string of the molecule is CCC(C)C(I)C1=C(C(=O)NC(C)C)C(=O)c2ccccc21. The van der Waals surface area contributed by atoms with Gasteiger partial charge in [-0.15, -0.1) is 0 Å². The summed E-state index contributed by atoms with van der Waals surface area (Å²) in [6.45, 7) is 8.10. The van der Waals surface area contributed by atoms with Gasteiger partial charge in [-0.05, 0) is 30.9 Å². The van der Waals surface area contributed by atoms with Crippen LogP contribution in [0.5, 0.6) is 0 Å². The van der Waals surface area contributed by atoms with Crippen molar-refractivity contribution in [2.24, 2.45) is 5.92 Å². The number of allylic oxidation sites excluding steroid dienone is 1. The van der Waals surface area contributed by atoms with E-state index in [1.54, 1.807) is 0 Å². The second-order valence-electron chi connectivity index (χ2n) is 6.08. The second-order valence-corrected chi connectivity index (χ2v) is 7.42. The molecule has 0 bridgehead atoms. The summed E-state index contributed by atoms with van der Waals surface area (Å²) in [5.74, 6) is 0.00120. The molecule has 0 radical (unpaired) electrons. The van der Waals surface area contributed by atoms with Gasteiger partial charge in [0.2, 0.25) is 0 Å². The van der Waals surface area contributed by atoms with Crippen molar-refractivity contribution in [3.05, 3.63) is 41.0 Å². The summed E-state index contributed by atoms with van der Waals surface area (Å²) >= 11 is 2.37. The average molecular weight is 411 g/mol. The maximum atomic E-state index is 12.7. The number of benzene rings is 1. The minimum Gasteiger partial charge on any atom is -0.350 e. The molecule has 0 aliphatic heterocycles. The predicted molar refractivity (Wildman–Crippen MR) is 98.2 cm³/mol. The van der Waals surface area contributed by atoms with E-state index in [2.05, 4.69) is 41.8 Å². The average Bonchev–Trinajstić information content (AvgIpc) is 2.78. The number of amides is 1. The van der Waals surface area contributed by atoms with Gasteiger partial charge in [0.1, 0.15) is 0 Å². The zero-order valence-corrected chi connectivity index (χ0v) is 15.6. The monoisotopic (exact) mass is 411 g/mol. The molecule has 22 heavy (non-hydrogen) atoms. The van der Waals surface area contributed by atoms with E-state index in [0.29, 0.717) is 17.1 Å². The molecule has 2 unspecified atom stereocenters. The predicted octanol–water partition coefficient (Wildman–Crippen LogP) is 4.01. The smallest absolute Gasteiger partial charge is 0.255 e. The van der Waals surface area contributed by atoms with Crippen molar-refractivity contribution in [3.63, 3.8) is 0 Å². The van der Waals surface area contributed by atoms with E-state index in [1.165, 1.54) is 0 Å². The Balaban J connectivity index is 2.57. The highest BCUT2D eigenvalue weighted by molar-refractivity contribution is 14.1. The van der Waals surface area contributed by atoms with Crippen LogP contribution in [0.1, 0.15) is 50.0 Å². The van der Waals surface area contributed by atoms with E-state index in [0.717, 1.165) is 17.6 Å². The van der Waals surface area contributed by atoms with Gasteiger partial charge in [-0.3, -0.25) is 9.59 Å². The van der Waals surface area contributed by atoms with Gasteiger partial charge in [0.25, 0.3) is 5.91 Å². The fourth-order valence-corrected chi connectivity index (χ4v) is 3.80. The van der Waals surface area contributed by atoms with Gasteiger partial charge in [-0.25, -0.2) is 0 Å². The molecule has 118 valence electrons. The maximum Gasteiger partial charge on any atom is 0.255 e. The van der Waals surface area contributed by atoms with Gasteiger partial charge < -0.3 is 5.32 Å². The molecule has 1 aliphatic carbocycles. The zero-order valence-electron chi connectivity index (χ0n) is 13.4. The molecule has 1 amide bonds. The number of hydrogen-bond donors (Lipinski definition) is 1. The summed E-state index contributed by atoms with van der Waals surface area (Å²) in [5.41, 5.74) is 2.79. The van der Waals surface area contributed by atoms with E-state index in [9.17, 15) is 9.59 Å². The van der Waals surface area contributed by atoms with Gasteiger partial charge in [-0.1, -0.05) is 67.1 Å². The number of carbonyl (C=O) groups is 2. The minimum absolute atomic E-state index is 0.00835. The van der Waals surface area contributed by atoms with Gasteiger partial charge >= 0.3 is 0 Å². The van der Waals surface area contributed by atoms with Crippen molar-refractivity contribution in [2.75, 3.05) is 0 Å². The third-order valence-electron chi connectivity index (χ3n) is 4.02. The molecule has 0 saturated heterocycles. The lowest BCUT2D eigenvalue weighted by atomic mass is 9.93. The molecule has 0 fully saturated rings. The fraction of sp³-hybridized carbons (Fsp3) is 0.444. The summed E-state index contributed by atoms with van der Waals surface area (Å²) in [6.07, 6.45) is 1.01. The van der Waals surface area contributed by atoms with E-state index < -0.39 is 0 Å². The van der Waals surface area contributed by atoms with Crippen LogP contribution in [0, 0.1) is 5.92 Å². The molecule has 0 aromatic heterocycles. The van der Waals surface area contributed by atoms with Crippen LogP contribution in [0.15, 0.2) is 29.8 Å². The van der Waals surface area contributed by atoms with Crippen molar-refractivity contribution in [3.8, 4) is 0 Å². The first-order valence-corrected chi connectivity index (χ1v) is 8.96. The topological polar surface area (TPSA) is 46.2 Å². The van der Waals surface area contributed by atoms with Crippen LogP contribution < -0.4 is 5.32 Å². The van der Waals surface area contributed by atoms with Crippen LogP contribution in [0.2, 0.25) is 0 Å². The highest BCUT2D eigenvalue weighted by atomic mass is 127. The Morgan fingerprint density at radius 1 is 1.18 bits per heavy atom. The molecule has 2 atom stereocenters. The Kier molecular flexibility index (Phi) is 5.42. The molecule has 1 N–H and O–H groups in total. The summed E-state index contributed by atoms with van der Waals surface area (Å²) < 4.78 is 0.142. The van der Waals surface area contributed by atoms with Crippen molar-refractivity contribution in [2.45, 2.75) is 44.1 Å². The summed E-state index contributed by atoms with van der Waals surface area (Å²) in [4.78, 5) is 25.3. The number of alkyl halides is 1. The first kappa shape index (κ1) is 17.2. The summed E-state index contributed by atoms with van der Waals surface area (Å²) in [7, 11) is 0. The van der Waals surface area contributed by atoms with Gasteiger partial charge in [-0.2, -0.15) is 0 Å². The van der Waals surface area contributed by atoms with Crippen molar-refractivity contribution in [1.29, 1.82) is 0 Å². The third-order valence-corrected chi connectivity index (χ3v) is 5.87. The van der Waals surface area contributed by atoms with Crippen molar-refractivity contribution < 1.29 is 9.59 Å². The molecule has 3 nitrogen and oxygen atoms in total. The van der Waals surface area contributed by atoms with E-state index in [1.807, 2.05) is 38.1 Å². The third kappa shape index (κ3) is 3.12. The Labute approximate surface area is 145 Å². The highest BCUT2D eigenvalue weighted by Gasteiger charge is 2.37. The van der Waals surface area contributed by atoms with Crippen molar-refractivity contribution >= 4 is 39.9 Å². The van der Waals surface area contributed by atoms with E-state index in [4.69, 9.17) is 0 Å². The number of hydrogen-bond acceptors (Lipinski definition) is 2. The van der Waals surface area contributed by atoms with Crippen LogP contribution in [0.25, 0.3) is 5.57 Å². The van der Waals surface area contributed by atoms with Gasteiger partial charge in [0.05, 0.1) is 5.57 Å². The molecule has 0 spiro atoms. The standard InChI is InChI=1S/C18H22INO2/c1-5-11(4)16(19)14-12-8-6-7-9-13(12)17(21)15(14)18(22)20-10(2)3/h6-11,16H,5H2,1-4H3,(H,20,22). The largest absolute Gasteiger partial charge is 0.350 e. The summed E-state index contributed by atoms with van der Waals surface area (Å²) in [5, 5.41) is 2.87. The summed E-state index contributed by atoms with van der Waals surface area (Å²) in [6, 6.07) is 7.55. The number of nitrogens with one attached hydrogen (secondary N) is 1. The van der Waals surface area contributed by atoms with Gasteiger partial charge in [0, 0.05) is 15.5 Å². The number of ketones is 1. The van der Waals surface area contributed by atoms with Crippen LogP contribution in [-0.4, -0.2) is 21.7 Å². The lowest BCUT2D eigenvalue weighted by Gasteiger charge is -2.20. The van der Waals surface area contributed by atoms with E-state index >= 15 is 0 Å². The molecule has 1 aliphatic rings. The molecule has 4 heteroatoms. The second kappa shape index (κ2) is 6.94. The zero-order chi connectivity index (χ0) is 16.4. The Morgan fingerprint density at radius 3 is 2.32 bits per heavy atom. The Bertz CT molecular complexity index is 634. The number of Topliss-reactive ketones (excluding diaryl/α,β-unsaturated/α-hetero) is 1. The fourth-order valence-electron chi connectivity index (χ4n) is 2.65. The van der Waals surface area contributed by atoms with E-state index in [-0.39, 0.29) is 21.7 Å². The normalized spacial score (nSPS) is 16.7. The maximum absolute atomic E-state index is 12.7. The lowest BCUT2D eigenvalue weighted by molar-refractivity contribution is -0.117. The molecule has 2 rings (SSSR count). The molecule has 0 saturated carbocycles. The number of rotatable bonds is 5. The highest BCUT2D eigenvalue weighted by Crippen LogP contribution is 2.41. The first-order chi connectivity index (χ1) is 10.4. The molecular weight excluding hydrogens is 389 g/mol. The van der Waals surface area contributed by atoms with Gasteiger partial charge in [0.15, 0.2) is 5.78 Å². The molecule has 1 aromatic carbocycles. The minimum atomic E-state index is -0.254. The van der Waals surface area contributed by atoms with Crippen LogP contribution in [0.4, 0.5) is 0 Å². The number of halogens is 1. The molecule has 1 aromatic rings. The molecule has 0 heterocycles. The van der Waals surface area contributed by atoms with Crippen LogP contribution in [-0.2, 0) is 4.79 Å². The van der Waals surface area contributed by atoms with Crippen molar-refractivity contribution in [1.82, 2.24) is 5.32 Å². The first-order valence-electron chi connectivity index (χ1n) is 7.71. The Morgan fingerprint density at radius 2 is 1.77 bits per heavy atom. The number of carbonyl (C=O) groups excluding carboxylic acids is 2. The quantitative estimate of drug-likeness (QED) is 0.452. The van der Waals surface area contributed by atoms with Crippen LogP contribution >= 0.6 is 22.6 Å². The number of fused-ring (bicyclic) bond motifs is 1. The van der Waals surface area contributed by atoms with Crippen LogP contribution in [0.3, 0.4) is 0 Å².